The summed E-state index contributed by atoms with van der Waals surface area (Å²) in [6.07, 6.45) is 5.31. The third kappa shape index (κ3) is 2.56. The van der Waals surface area contributed by atoms with Gasteiger partial charge in [0.15, 0.2) is 5.65 Å². The summed E-state index contributed by atoms with van der Waals surface area (Å²) in [7, 11) is 0. The highest BCUT2D eigenvalue weighted by atomic mass is 15.3. The van der Waals surface area contributed by atoms with E-state index in [4.69, 9.17) is 5.73 Å². The Balaban J connectivity index is 1.70. The Morgan fingerprint density at radius 3 is 2.84 bits per heavy atom. The minimum atomic E-state index is 0.650. The van der Waals surface area contributed by atoms with Gasteiger partial charge in [0.05, 0.1) is 5.69 Å². The van der Waals surface area contributed by atoms with Gasteiger partial charge in [-0.15, -0.1) is 0 Å². The van der Waals surface area contributed by atoms with Gasteiger partial charge in [-0.25, -0.2) is 4.98 Å². The number of likely N-dealkylation sites (tertiary alicyclic amines) is 1. The van der Waals surface area contributed by atoms with Gasteiger partial charge in [0.2, 0.25) is 0 Å². The topological polar surface area (TPSA) is 59.5 Å². The van der Waals surface area contributed by atoms with Crippen LogP contribution in [0, 0.1) is 5.92 Å². The SMILES string of the molecule is CCN1CCC(Cc2cc3nccc(N)n3n2)CC1. The lowest BCUT2D eigenvalue weighted by atomic mass is 9.92. The lowest BCUT2D eigenvalue weighted by Crippen LogP contribution is -2.34. The molecule has 0 radical (unpaired) electrons. The molecule has 2 N–H and O–H groups in total. The third-order valence-electron chi connectivity index (χ3n) is 4.09. The highest BCUT2D eigenvalue weighted by Crippen LogP contribution is 2.21. The van der Waals surface area contributed by atoms with Gasteiger partial charge in [0, 0.05) is 12.3 Å². The molecule has 0 aliphatic carbocycles. The van der Waals surface area contributed by atoms with Crippen LogP contribution >= 0.6 is 0 Å². The zero-order valence-corrected chi connectivity index (χ0v) is 11.4. The van der Waals surface area contributed by atoms with Crippen LogP contribution in [0.5, 0.6) is 0 Å². The number of piperidine rings is 1. The molecule has 0 spiro atoms. The van der Waals surface area contributed by atoms with Crippen LogP contribution in [0.3, 0.4) is 0 Å². The molecule has 0 aromatic carbocycles. The molecule has 2 aromatic rings. The van der Waals surface area contributed by atoms with Crippen LogP contribution in [0.25, 0.3) is 5.65 Å². The van der Waals surface area contributed by atoms with Crippen molar-refractivity contribution in [1.29, 1.82) is 0 Å². The molecule has 3 heterocycles. The van der Waals surface area contributed by atoms with Gasteiger partial charge in [0.1, 0.15) is 5.82 Å². The van der Waals surface area contributed by atoms with Crippen molar-refractivity contribution in [2.75, 3.05) is 25.4 Å². The van der Waals surface area contributed by atoms with E-state index in [1.165, 1.54) is 32.5 Å². The second-order valence-corrected chi connectivity index (χ2v) is 5.36. The fourth-order valence-electron chi connectivity index (χ4n) is 2.86. The molecule has 5 heteroatoms. The van der Waals surface area contributed by atoms with E-state index in [-0.39, 0.29) is 0 Å². The third-order valence-corrected chi connectivity index (χ3v) is 4.09. The fourth-order valence-corrected chi connectivity index (χ4v) is 2.86. The first-order valence-corrected chi connectivity index (χ1v) is 7.07. The van der Waals surface area contributed by atoms with Crippen molar-refractivity contribution in [2.45, 2.75) is 26.2 Å². The maximum atomic E-state index is 5.89. The number of aromatic nitrogens is 3. The number of hydrogen-bond acceptors (Lipinski definition) is 4. The lowest BCUT2D eigenvalue weighted by molar-refractivity contribution is 0.191. The first-order valence-electron chi connectivity index (χ1n) is 7.07. The Morgan fingerprint density at radius 2 is 2.16 bits per heavy atom. The average Bonchev–Trinajstić information content (AvgIpc) is 2.84. The maximum absolute atomic E-state index is 5.89. The average molecular weight is 259 g/mol. The summed E-state index contributed by atoms with van der Waals surface area (Å²) >= 11 is 0. The first kappa shape index (κ1) is 12.4. The number of anilines is 1. The van der Waals surface area contributed by atoms with Gasteiger partial charge in [-0.2, -0.15) is 9.61 Å². The highest BCUT2D eigenvalue weighted by Gasteiger charge is 2.19. The van der Waals surface area contributed by atoms with Crippen molar-refractivity contribution in [3.8, 4) is 0 Å². The highest BCUT2D eigenvalue weighted by molar-refractivity contribution is 5.46. The van der Waals surface area contributed by atoms with Gasteiger partial charge < -0.3 is 10.6 Å². The lowest BCUT2D eigenvalue weighted by Gasteiger charge is -2.30. The largest absolute Gasteiger partial charge is 0.384 e. The Kier molecular flexibility index (Phi) is 3.38. The van der Waals surface area contributed by atoms with E-state index in [1.807, 2.05) is 0 Å². The number of nitrogens with zero attached hydrogens (tertiary/aromatic N) is 4. The maximum Gasteiger partial charge on any atom is 0.157 e. The molecule has 0 amide bonds. The summed E-state index contributed by atoms with van der Waals surface area (Å²) in [5, 5.41) is 4.56. The molecule has 1 fully saturated rings. The van der Waals surface area contributed by atoms with Crippen molar-refractivity contribution < 1.29 is 0 Å². The molecule has 0 atom stereocenters. The van der Waals surface area contributed by atoms with Gasteiger partial charge in [-0.1, -0.05) is 6.92 Å². The van der Waals surface area contributed by atoms with Crippen LogP contribution in [0.2, 0.25) is 0 Å². The van der Waals surface area contributed by atoms with Crippen LogP contribution < -0.4 is 5.73 Å². The fraction of sp³-hybridized carbons (Fsp3) is 0.571. The van der Waals surface area contributed by atoms with Crippen molar-refractivity contribution in [2.24, 2.45) is 5.92 Å². The summed E-state index contributed by atoms with van der Waals surface area (Å²) in [5.74, 6) is 1.39. The number of rotatable bonds is 3. The van der Waals surface area contributed by atoms with Crippen LogP contribution in [-0.2, 0) is 6.42 Å². The minimum absolute atomic E-state index is 0.650. The number of nitrogens with two attached hydrogens (primary N) is 1. The molecule has 3 rings (SSSR count). The van der Waals surface area contributed by atoms with Crippen molar-refractivity contribution in [3.63, 3.8) is 0 Å². The molecule has 1 aliphatic rings. The van der Waals surface area contributed by atoms with E-state index in [1.54, 1.807) is 16.8 Å². The number of fused-ring (bicyclic) bond motifs is 1. The molecule has 1 saturated heterocycles. The Morgan fingerprint density at radius 1 is 1.37 bits per heavy atom. The monoisotopic (exact) mass is 259 g/mol. The zero-order valence-electron chi connectivity index (χ0n) is 11.4. The smallest absolute Gasteiger partial charge is 0.157 e. The number of nitrogen functional groups attached to an aromatic ring is 1. The van der Waals surface area contributed by atoms with Crippen LogP contribution in [-0.4, -0.2) is 39.1 Å². The van der Waals surface area contributed by atoms with Crippen molar-refractivity contribution >= 4 is 11.5 Å². The predicted molar refractivity (Wildman–Crippen MR) is 75.9 cm³/mol. The molecule has 0 unspecified atom stereocenters. The molecule has 102 valence electrons. The van der Waals surface area contributed by atoms with E-state index < -0.39 is 0 Å². The van der Waals surface area contributed by atoms with Gasteiger partial charge in [-0.3, -0.25) is 0 Å². The minimum Gasteiger partial charge on any atom is -0.384 e. The standard InChI is InChI=1S/C14H21N5/c1-2-18-7-4-11(5-8-18)9-12-10-14-16-6-3-13(15)19(14)17-12/h3,6,10-11H,2,4-5,7-9,15H2,1H3. The summed E-state index contributed by atoms with van der Waals surface area (Å²) in [4.78, 5) is 6.81. The summed E-state index contributed by atoms with van der Waals surface area (Å²) in [6, 6.07) is 3.84. The van der Waals surface area contributed by atoms with E-state index in [9.17, 15) is 0 Å². The van der Waals surface area contributed by atoms with Crippen LogP contribution in [0.15, 0.2) is 18.3 Å². The summed E-state index contributed by atoms with van der Waals surface area (Å²) in [6.45, 7) is 5.84. The molecule has 0 saturated carbocycles. The van der Waals surface area contributed by atoms with Crippen molar-refractivity contribution in [3.05, 3.63) is 24.0 Å². The molecule has 5 nitrogen and oxygen atoms in total. The van der Waals surface area contributed by atoms with E-state index in [0.29, 0.717) is 5.82 Å². The Hall–Kier alpha value is -1.62. The first-order chi connectivity index (χ1) is 9.26. The molecule has 1 aliphatic heterocycles. The molecular weight excluding hydrogens is 238 g/mol. The van der Waals surface area contributed by atoms with E-state index in [0.717, 1.165) is 23.7 Å². The quantitative estimate of drug-likeness (QED) is 0.909. The summed E-state index contributed by atoms with van der Waals surface area (Å²) in [5.41, 5.74) is 7.85. The predicted octanol–water partition coefficient (Wildman–Crippen LogP) is 1.59. The number of hydrogen-bond donors (Lipinski definition) is 1. The second kappa shape index (κ2) is 5.17. The molecule has 0 bridgehead atoms. The second-order valence-electron chi connectivity index (χ2n) is 5.36. The van der Waals surface area contributed by atoms with Crippen molar-refractivity contribution in [1.82, 2.24) is 19.5 Å². The Bertz CT molecular complexity index is 554. The van der Waals surface area contributed by atoms with Crippen LogP contribution in [0.1, 0.15) is 25.5 Å². The summed E-state index contributed by atoms with van der Waals surface area (Å²) < 4.78 is 1.73. The van der Waals surface area contributed by atoms with Gasteiger partial charge in [0.25, 0.3) is 0 Å². The van der Waals surface area contributed by atoms with Gasteiger partial charge in [-0.05, 0) is 50.9 Å². The van der Waals surface area contributed by atoms with Gasteiger partial charge >= 0.3 is 0 Å². The van der Waals surface area contributed by atoms with E-state index >= 15 is 0 Å². The Labute approximate surface area is 113 Å². The molecule has 19 heavy (non-hydrogen) atoms. The molecular formula is C14H21N5. The van der Waals surface area contributed by atoms with Crippen LogP contribution in [0.4, 0.5) is 5.82 Å². The normalized spacial score (nSPS) is 18.2. The zero-order chi connectivity index (χ0) is 13.2. The van der Waals surface area contributed by atoms with E-state index in [2.05, 4.69) is 28.0 Å². The molecule has 2 aromatic heterocycles.